The molecule has 2 aromatic rings. The van der Waals surface area contributed by atoms with E-state index < -0.39 is 0 Å². The molecule has 0 radical (unpaired) electrons. The fourth-order valence-electron chi connectivity index (χ4n) is 3.04. The number of hydrogen-bond donors (Lipinski definition) is 0. The molecule has 2 aromatic heterocycles. The molecular weight excluding hydrogens is 322 g/mol. The van der Waals surface area contributed by atoms with Crippen molar-refractivity contribution in [3.63, 3.8) is 0 Å². The predicted octanol–water partition coefficient (Wildman–Crippen LogP) is 4.53. The fraction of sp³-hybridized carbons (Fsp3) is 0.579. The van der Waals surface area contributed by atoms with Gasteiger partial charge in [0.2, 0.25) is 0 Å². The monoisotopic (exact) mass is 349 g/mol. The van der Waals surface area contributed by atoms with E-state index in [2.05, 4.69) is 30.7 Å². The topological polar surface area (TPSA) is 37.6 Å². The molecule has 0 aromatic carbocycles. The van der Waals surface area contributed by atoms with E-state index in [0.29, 0.717) is 16.7 Å². The van der Waals surface area contributed by atoms with Gasteiger partial charge in [-0.3, -0.25) is 14.1 Å². The van der Waals surface area contributed by atoms with Crippen LogP contribution in [0.15, 0.2) is 29.2 Å². The smallest absolute Gasteiger partial charge is 0.258 e. The lowest BCUT2D eigenvalue weighted by Gasteiger charge is -2.28. The summed E-state index contributed by atoms with van der Waals surface area (Å²) < 4.78 is 1.50. The molecule has 0 spiro atoms. The molecule has 132 valence electrons. The summed E-state index contributed by atoms with van der Waals surface area (Å²) in [5.41, 5.74) is 1.41. The van der Waals surface area contributed by atoms with Crippen LogP contribution < -0.4 is 5.56 Å². The number of nitrogens with zero attached hydrogens (tertiary/aromatic N) is 3. The highest BCUT2D eigenvalue weighted by atomic mass is 35.5. The van der Waals surface area contributed by atoms with Crippen molar-refractivity contribution >= 4 is 17.2 Å². The zero-order valence-electron chi connectivity index (χ0n) is 15.0. The number of halogens is 1. The Hall–Kier alpha value is -1.39. The normalized spacial score (nSPS) is 12.9. The highest BCUT2D eigenvalue weighted by molar-refractivity contribution is 6.30. The number of hydrogen-bond acceptors (Lipinski definition) is 3. The second kappa shape index (κ2) is 9.19. The number of rotatable bonds is 9. The summed E-state index contributed by atoms with van der Waals surface area (Å²) >= 11 is 5.97. The Morgan fingerprint density at radius 2 is 2.04 bits per heavy atom. The molecule has 2 heterocycles. The van der Waals surface area contributed by atoms with Crippen LogP contribution in [0.5, 0.6) is 0 Å². The molecule has 5 heteroatoms. The van der Waals surface area contributed by atoms with Crippen LogP contribution in [-0.4, -0.2) is 26.9 Å². The third kappa shape index (κ3) is 5.05. The van der Waals surface area contributed by atoms with Gasteiger partial charge in [-0.2, -0.15) is 0 Å². The summed E-state index contributed by atoms with van der Waals surface area (Å²) in [6.07, 6.45) is 7.58. The van der Waals surface area contributed by atoms with E-state index in [1.165, 1.54) is 23.7 Å². The minimum absolute atomic E-state index is 0.0749. The first-order valence-electron chi connectivity index (χ1n) is 8.97. The van der Waals surface area contributed by atoms with E-state index in [0.717, 1.165) is 31.6 Å². The first kappa shape index (κ1) is 18.9. The average molecular weight is 350 g/mol. The molecule has 0 fully saturated rings. The molecule has 1 unspecified atom stereocenters. The van der Waals surface area contributed by atoms with Crippen molar-refractivity contribution in [2.75, 3.05) is 6.54 Å². The van der Waals surface area contributed by atoms with Gasteiger partial charge in [0.1, 0.15) is 5.65 Å². The van der Waals surface area contributed by atoms with Gasteiger partial charge in [0.05, 0.1) is 10.7 Å². The van der Waals surface area contributed by atoms with E-state index in [1.807, 2.05) is 0 Å². The van der Waals surface area contributed by atoms with Crippen LogP contribution in [-0.2, 0) is 6.54 Å². The SMILES string of the molecule is CCCCCN(Cc1cc(=O)n2cc(Cl)ccc2n1)C(C)CCC. The Labute approximate surface area is 149 Å². The first-order valence-corrected chi connectivity index (χ1v) is 9.34. The Bertz CT molecular complexity index is 713. The zero-order chi connectivity index (χ0) is 17.5. The third-order valence-electron chi connectivity index (χ3n) is 4.42. The molecule has 0 aliphatic carbocycles. The Morgan fingerprint density at radius 3 is 2.75 bits per heavy atom. The minimum atomic E-state index is -0.0749. The Balaban J connectivity index is 2.22. The quantitative estimate of drug-likeness (QED) is 0.624. The predicted molar refractivity (Wildman–Crippen MR) is 101 cm³/mol. The third-order valence-corrected chi connectivity index (χ3v) is 4.64. The minimum Gasteiger partial charge on any atom is -0.295 e. The molecule has 4 nitrogen and oxygen atoms in total. The summed E-state index contributed by atoms with van der Waals surface area (Å²) in [6, 6.07) is 5.70. The van der Waals surface area contributed by atoms with Crippen LogP contribution in [0, 0.1) is 0 Å². The molecule has 1 atom stereocenters. The van der Waals surface area contributed by atoms with Gasteiger partial charge >= 0.3 is 0 Å². The van der Waals surface area contributed by atoms with Gasteiger partial charge in [-0.15, -0.1) is 0 Å². The van der Waals surface area contributed by atoms with Gasteiger partial charge in [0.25, 0.3) is 5.56 Å². The number of unbranched alkanes of at least 4 members (excludes halogenated alkanes) is 2. The van der Waals surface area contributed by atoms with E-state index in [9.17, 15) is 4.79 Å². The molecular formula is C19H28ClN3O. The maximum atomic E-state index is 12.3. The van der Waals surface area contributed by atoms with Crippen molar-refractivity contribution in [3.05, 3.63) is 45.5 Å². The molecule has 0 aliphatic heterocycles. The van der Waals surface area contributed by atoms with Crippen molar-refractivity contribution in [2.45, 2.75) is 65.5 Å². The van der Waals surface area contributed by atoms with Crippen molar-refractivity contribution in [3.8, 4) is 0 Å². The van der Waals surface area contributed by atoms with Crippen LogP contribution in [0.25, 0.3) is 5.65 Å². The number of aromatic nitrogens is 2. The highest BCUT2D eigenvalue weighted by Gasteiger charge is 2.15. The summed E-state index contributed by atoms with van der Waals surface area (Å²) in [7, 11) is 0. The zero-order valence-corrected chi connectivity index (χ0v) is 15.7. The Kier molecular flexibility index (Phi) is 7.25. The first-order chi connectivity index (χ1) is 11.5. The lowest BCUT2D eigenvalue weighted by atomic mass is 10.1. The average Bonchev–Trinajstić information content (AvgIpc) is 2.55. The lowest BCUT2D eigenvalue weighted by Crippen LogP contribution is -2.34. The van der Waals surface area contributed by atoms with E-state index in [1.54, 1.807) is 24.4 Å². The molecule has 0 bridgehead atoms. The van der Waals surface area contributed by atoms with E-state index in [4.69, 9.17) is 11.6 Å². The summed E-state index contributed by atoms with van der Waals surface area (Å²) in [5, 5.41) is 0.539. The Morgan fingerprint density at radius 1 is 1.25 bits per heavy atom. The van der Waals surface area contributed by atoms with Crippen LogP contribution in [0.2, 0.25) is 5.02 Å². The second-order valence-corrected chi connectivity index (χ2v) is 6.91. The van der Waals surface area contributed by atoms with Crippen molar-refractivity contribution in [1.29, 1.82) is 0 Å². The lowest BCUT2D eigenvalue weighted by molar-refractivity contribution is 0.184. The van der Waals surface area contributed by atoms with Crippen molar-refractivity contribution < 1.29 is 0 Å². The maximum Gasteiger partial charge on any atom is 0.258 e. The van der Waals surface area contributed by atoms with Crippen molar-refractivity contribution in [2.24, 2.45) is 0 Å². The van der Waals surface area contributed by atoms with Crippen LogP contribution in [0.4, 0.5) is 0 Å². The van der Waals surface area contributed by atoms with Crippen molar-refractivity contribution in [1.82, 2.24) is 14.3 Å². The van der Waals surface area contributed by atoms with Crippen LogP contribution in [0.1, 0.15) is 58.6 Å². The van der Waals surface area contributed by atoms with Gasteiger partial charge in [0.15, 0.2) is 0 Å². The summed E-state index contributed by atoms with van der Waals surface area (Å²) in [5.74, 6) is 0. The largest absolute Gasteiger partial charge is 0.295 e. The van der Waals surface area contributed by atoms with Gasteiger partial charge in [-0.25, -0.2) is 4.98 Å². The molecule has 0 N–H and O–H groups in total. The van der Waals surface area contributed by atoms with Gasteiger partial charge in [-0.1, -0.05) is 44.7 Å². The maximum absolute atomic E-state index is 12.3. The van der Waals surface area contributed by atoms with Gasteiger partial charge in [-0.05, 0) is 38.4 Å². The van der Waals surface area contributed by atoms with E-state index >= 15 is 0 Å². The summed E-state index contributed by atoms with van der Waals surface area (Å²) in [6.45, 7) is 8.47. The fourth-order valence-corrected chi connectivity index (χ4v) is 3.20. The molecule has 0 amide bonds. The molecule has 0 saturated heterocycles. The van der Waals surface area contributed by atoms with Crippen LogP contribution >= 0.6 is 11.6 Å². The molecule has 2 rings (SSSR count). The number of pyridine rings is 1. The van der Waals surface area contributed by atoms with Gasteiger partial charge in [0, 0.05) is 24.8 Å². The summed E-state index contributed by atoms with van der Waals surface area (Å²) in [4.78, 5) is 19.4. The second-order valence-electron chi connectivity index (χ2n) is 6.48. The molecule has 24 heavy (non-hydrogen) atoms. The number of fused-ring (bicyclic) bond motifs is 1. The van der Waals surface area contributed by atoms with Gasteiger partial charge < -0.3 is 0 Å². The molecule has 0 saturated carbocycles. The highest BCUT2D eigenvalue weighted by Crippen LogP contribution is 2.14. The standard InChI is InChI=1S/C19H28ClN3O/c1-4-6-7-11-22(15(3)8-5-2)14-17-12-19(24)23-13-16(20)9-10-18(23)21-17/h9-10,12-13,15H,4-8,11,14H2,1-3H3. The van der Waals surface area contributed by atoms with Crippen LogP contribution in [0.3, 0.4) is 0 Å². The molecule has 0 aliphatic rings. The van der Waals surface area contributed by atoms with E-state index in [-0.39, 0.29) is 5.56 Å².